The first-order chi connectivity index (χ1) is 9.65. The molecule has 0 fully saturated rings. The third kappa shape index (κ3) is 7.03. The maximum atomic E-state index is 9.82. The van der Waals surface area contributed by atoms with Gasteiger partial charge in [0.25, 0.3) is 0 Å². The summed E-state index contributed by atoms with van der Waals surface area (Å²) in [6.45, 7) is 3.96. The second kappa shape index (κ2) is 9.91. The molecule has 2 unspecified atom stereocenters. The summed E-state index contributed by atoms with van der Waals surface area (Å²) in [4.78, 5) is 0. The van der Waals surface area contributed by atoms with Crippen LogP contribution in [0.1, 0.15) is 13.3 Å². The molecule has 5 heteroatoms. The Kier molecular flexibility index (Phi) is 8.49. The van der Waals surface area contributed by atoms with Gasteiger partial charge in [-0.1, -0.05) is 6.92 Å². The van der Waals surface area contributed by atoms with Gasteiger partial charge in [-0.15, -0.1) is 0 Å². The lowest BCUT2D eigenvalue weighted by molar-refractivity contribution is 0.106. The van der Waals surface area contributed by atoms with Crippen molar-refractivity contribution in [1.82, 2.24) is 5.32 Å². The Hall–Kier alpha value is -0.910. The Morgan fingerprint density at radius 3 is 2.50 bits per heavy atom. The van der Waals surface area contributed by atoms with Crippen molar-refractivity contribution in [2.45, 2.75) is 24.7 Å². The average molecular weight is 299 g/mol. The lowest BCUT2D eigenvalue weighted by Crippen LogP contribution is -2.32. The second-order valence-electron chi connectivity index (χ2n) is 4.68. The van der Waals surface area contributed by atoms with E-state index < -0.39 is 6.10 Å². The summed E-state index contributed by atoms with van der Waals surface area (Å²) in [6, 6.07) is 7.34. The van der Waals surface area contributed by atoms with Gasteiger partial charge in [-0.25, -0.2) is 0 Å². The van der Waals surface area contributed by atoms with Crippen LogP contribution in [0.15, 0.2) is 24.3 Å². The van der Waals surface area contributed by atoms with Crippen molar-refractivity contribution in [2.24, 2.45) is 0 Å². The Balaban J connectivity index is 2.14. The zero-order valence-corrected chi connectivity index (χ0v) is 13.3. The fraction of sp³-hybridized carbons (Fsp3) is 0.600. The number of aliphatic hydroxyl groups excluding tert-OH is 1. The molecule has 0 bridgehead atoms. The summed E-state index contributed by atoms with van der Waals surface area (Å²) < 4.78 is 10.6. The predicted molar refractivity (Wildman–Crippen MR) is 85.0 cm³/mol. The molecule has 1 rings (SSSR count). The van der Waals surface area contributed by atoms with E-state index in [1.54, 1.807) is 7.11 Å². The molecule has 0 saturated heterocycles. The molecule has 0 spiro atoms. The molecule has 1 aromatic carbocycles. The number of methoxy groups -OCH3 is 1. The van der Waals surface area contributed by atoms with E-state index >= 15 is 0 Å². The number of hydrogen-bond donors (Lipinski definition) is 2. The molecular formula is C15H25NO3S. The van der Waals surface area contributed by atoms with Crippen LogP contribution in [0.4, 0.5) is 0 Å². The van der Waals surface area contributed by atoms with Crippen molar-refractivity contribution in [2.75, 3.05) is 33.1 Å². The average Bonchev–Trinajstić information content (AvgIpc) is 2.49. The maximum Gasteiger partial charge on any atom is 0.119 e. The van der Waals surface area contributed by atoms with E-state index in [0.717, 1.165) is 24.5 Å². The number of thioether (sulfide) groups is 1. The van der Waals surface area contributed by atoms with E-state index in [9.17, 15) is 5.11 Å². The molecule has 0 radical (unpaired) electrons. The van der Waals surface area contributed by atoms with Crippen LogP contribution in [0.25, 0.3) is 0 Å². The third-order valence-corrected chi connectivity index (χ3v) is 4.05. The van der Waals surface area contributed by atoms with Gasteiger partial charge in [-0.2, -0.15) is 11.8 Å². The van der Waals surface area contributed by atoms with Crippen molar-refractivity contribution >= 4 is 11.8 Å². The molecule has 0 aliphatic carbocycles. The zero-order chi connectivity index (χ0) is 14.8. The highest BCUT2D eigenvalue weighted by atomic mass is 32.2. The van der Waals surface area contributed by atoms with Crippen LogP contribution in [-0.4, -0.2) is 49.5 Å². The molecule has 114 valence electrons. The lowest BCUT2D eigenvalue weighted by Gasteiger charge is -2.14. The van der Waals surface area contributed by atoms with Gasteiger partial charge in [0.05, 0.1) is 7.11 Å². The fourth-order valence-corrected chi connectivity index (χ4v) is 1.97. The summed E-state index contributed by atoms with van der Waals surface area (Å²) >= 11 is 1.86. The maximum absolute atomic E-state index is 9.82. The summed E-state index contributed by atoms with van der Waals surface area (Å²) in [5.41, 5.74) is 0. The van der Waals surface area contributed by atoms with Crippen molar-refractivity contribution in [3.05, 3.63) is 24.3 Å². The number of aliphatic hydroxyl groups is 1. The molecule has 20 heavy (non-hydrogen) atoms. The van der Waals surface area contributed by atoms with Gasteiger partial charge in [0.15, 0.2) is 0 Å². The molecule has 1 aromatic rings. The Labute approximate surface area is 125 Å². The highest BCUT2D eigenvalue weighted by molar-refractivity contribution is 7.99. The summed E-state index contributed by atoms with van der Waals surface area (Å²) in [5, 5.41) is 13.7. The zero-order valence-electron chi connectivity index (χ0n) is 12.5. The van der Waals surface area contributed by atoms with Crippen LogP contribution < -0.4 is 14.8 Å². The molecular weight excluding hydrogens is 274 g/mol. The number of ether oxygens (including phenoxy) is 2. The third-order valence-electron chi connectivity index (χ3n) is 3.01. The van der Waals surface area contributed by atoms with Gasteiger partial charge < -0.3 is 19.9 Å². The predicted octanol–water partition coefficient (Wildman–Crippen LogP) is 2.17. The minimum atomic E-state index is -0.498. The van der Waals surface area contributed by atoms with Crippen molar-refractivity contribution in [3.63, 3.8) is 0 Å². The summed E-state index contributed by atoms with van der Waals surface area (Å²) in [7, 11) is 1.63. The van der Waals surface area contributed by atoms with Crippen LogP contribution in [-0.2, 0) is 0 Å². The Morgan fingerprint density at radius 2 is 1.90 bits per heavy atom. The van der Waals surface area contributed by atoms with Gasteiger partial charge in [0.2, 0.25) is 0 Å². The van der Waals surface area contributed by atoms with Gasteiger partial charge in [-0.05, 0) is 43.5 Å². The number of rotatable bonds is 10. The van der Waals surface area contributed by atoms with Gasteiger partial charge >= 0.3 is 0 Å². The smallest absolute Gasteiger partial charge is 0.119 e. The van der Waals surface area contributed by atoms with Gasteiger partial charge in [0.1, 0.15) is 24.2 Å². The van der Waals surface area contributed by atoms with E-state index in [-0.39, 0.29) is 6.61 Å². The molecule has 0 aliphatic heterocycles. The molecule has 4 nitrogen and oxygen atoms in total. The van der Waals surface area contributed by atoms with Crippen LogP contribution in [0.3, 0.4) is 0 Å². The van der Waals surface area contributed by atoms with E-state index in [1.807, 2.05) is 36.0 Å². The fourth-order valence-electron chi connectivity index (χ4n) is 1.62. The first-order valence-corrected chi connectivity index (χ1v) is 8.13. The van der Waals surface area contributed by atoms with Crippen LogP contribution >= 0.6 is 11.8 Å². The topological polar surface area (TPSA) is 50.7 Å². The van der Waals surface area contributed by atoms with Crippen molar-refractivity contribution in [1.29, 1.82) is 0 Å². The molecule has 2 atom stereocenters. The van der Waals surface area contributed by atoms with Crippen molar-refractivity contribution < 1.29 is 14.6 Å². The van der Waals surface area contributed by atoms with Crippen LogP contribution in [0.5, 0.6) is 11.5 Å². The first kappa shape index (κ1) is 17.1. The van der Waals surface area contributed by atoms with Crippen LogP contribution in [0, 0.1) is 0 Å². The minimum absolute atomic E-state index is 0.289. The SMILES string of the molecule is COc1ccc(OCC(O)CNCCC(C)SC)cc1. The minimum Gasteiger partial charge on any atom is -0.497 e. The molecule has 0 amide bonds. The standard InChI is InChI=1S/C15H25NO3S/c1-12(20-3)8-9-16-10-13(17)11-19-15-6-4-14(18-2)5-7-15/h4-7,12-13,16-17H,8-11H2,1-3H3. The Bertz CT molecular complexity index is 359. The van der Waals surface area contributed by atoms with E-state index in [4.69, 9.17) is 9.47 Å². The summed E-state index contributed by atoms with van der Waals surface area (Å²) in [6.07, 6.45) is 2.72. The van der Waals surface area contributed by atoms with Gasteiger partial charge in [0, 0.05) is 11.8 Å². The second-order valence-corrected chi connectivity index (χ2v) is 5.96. The van der Waals surface area contributed by atoms with E-state index in [1.165, 1.54) is 0 Å². The molecule has 0 heterocycles. The number of benzene rings is 1. The quantitative estimate of drug-likeness (QED) is 0.649. The number of hydrogen-bond acceptors (Lipinski definition) is 5. The lowest BCUT2D eigenvalue weighted by atomic mass is 10.3. The molecule has 0 aromatic heterocycles. The van der Waals surface area contributed by atoms with Crippen LogP contribution in [0.2, 0.25) is 0 Å². The van der Waals surface area contributed by atoms with Gasteiger partial charge in [-0.3, -0.25) is 0 Å². The van der Waals surface area contributed by atoms with Crippen molar-refractivity contribution in [3.8, 4) is 11.5 Å². The molecule has 2 N–H and O–H groups in total. The Morgan fingerprint density at radius 1 is 1.25 bits per heavy atom. The molecule has 0 aliphatic rings. The van der Waals surface area contributed by atoms with E-state index in [2.05, 4.69) is 18.5 Å². The molecule has 0 saturated carbocycles. The normalized spacial score (nSPS) is 13.8. The summed E-state index contributed by atoms with van der Waals surface area (Å²) in [5.74, 6) is 1.53. The highest BCUT2D eigenvalue weighted by Gasteiger charge is 2.06. The monoisotopic (exact) mass is 299 g/mol. The number of nitrogens with one attached hydrogen (secondary N) is 1. The largest absolute Gasteiger partial charge is 0.497 e. The first-order valence-electron chi connectivity index (χ1n) is 6.84. The van der Waals surface area contributed by atoms with E-state index in [0.29, 0.717) is 11.8 Å². The highest BCUT2D eigenvalue weighted by Crippen LogP contribution is 2.17.